The lowest BCUT2D eigenvalue weighted by molar-refractivity contribution is 0.151. The van der Waals surface area contributed by atoms with E-state index >= 15 is 0 Å². The first-order valence-electron chi connectivity index (χ1n) is 6.80. The van der Waals surface area contributed by atoms with Crippen molar-refractivity contribution in [1.29, 1.82) is 5.41 Å². The summed E-state index contributed by atoms with van der Waals surface area (Å²) >= 11 is 1.75. The van der Waals surface area contributed by atoms with E-state index in [1.165, 1.54) is 10.4 Å². The van der Waals surface area contributed by atoms with Crippen molar-refractivity contribution in [3.8, 4) is 0 Å². The van der Waals surface area contributed by atoms with Crippen molar-refractivity contribution in [2.45, 2.75) is 38.6 Å². The Bertz CT molecular complexity index is 537. The normalized spacial score (nSPS) is 26.2. The number of hydrogen-bond donors (Lipinski definition) is 2. The molecule has 1 unspecified atom stereocenters. The van der Waals surface area contributed by atoms with E-state index in [0.29, 0.717) is 18.3 Å². The molecular weight excluding hydrogens is 258 g/mol. The molecule has 0 saturated carbocycles. The lowest BCUT2D eigenvalue weighted by atomic mass is 9.78. The molecule has 0 aromatic carbocycles. The van der Waals surface area contributed by atoms with Gasteiger partial charge in [-0.3, -0.25) is 10.7 Å². The van der Waals surface area contributed by atoms with Crippen LogP contribution in [0.3, 0.4) is 0 Å². The third kappa shape index (κ3) is 1.71. The smallest absolute Gasteiger partial charge is 0.307 e. The zero-order valence-corrected chi connectivity index (χ0v) is 12.1. The summed E-state index contributed by atoms with van der Waals surface area (Å²) in [7, 11) is 0. The van der Waals surface area contributed by atoms with Gasteiger partial charge in [0.15, 0.2) is 0 Å². The minimum absolute atomic E-state index is 0.113. The number of carbonyl (C=O) groups is 1. The summed E-state index contributed by atoms with van der Waals surface area (Å²) in [5, 5.41) is 13.1. The van der Waals surface area contributed by atoms with Crippen LogP contribution in [0, 0.1) is 11.3 Å². The van der Waals surface area contributed by atoms with E-state index in [1.54, 1.807) is 11.3 Å². The number of hydrogen-bond acceptors (Lipinski definition) is 3. The van der Waals surface area contributed by atoms with Crippen molar-refractivity contribution in [3.05, 3.63) is 21.9 Å². The molecule has 3 rings (SSSR count). The van der Waals surface area contributed by atoms with E-state index in [2.05, 4.69) is 30.6 Å². The third-order valence-electron chi connectivity index (χ3n) is 4.03. The fourth-order valence-corrected chi connectivity index (χ4v) is 4.27. The average molecular weight is 277 g/mol. The van der Waals surface area contributed by atoms with Crippen LogP contribution in [0.5, 0.6) is 0 Å². The second-order valence-corrected chi connectivity index (χ2v) is 6.78. The van der Waals surface area contributed by atoms with Gasteiger partial charge in [0.05, 0.1) is 0 Å². The van der Waals surface area contributed by atoms with Gasteiger partial charge in [-0.15, -0.1) is 11.3 Å². The van der Waals surface area contributed by atoms with Crippen LogP contribution in [0.4, 0.5) is 4.79 Å². The number of rotatable bonds is 2. The van der Waals surface area contributed by atoms with Gasteiger partial charge in [0.1, 0.15) is 11.4 Å². The monoisotopic (exact) mass is 277 g/mol. The van der Waals surface area contributed by atoms with Gasteiger partial charge in [-0.05, 0) is 42.2 Å². The van der Waals surface area contributed by atoms with Gasteiger partial charge in [-0.25, -0.2) is 4.79 Å². The van der Waals surface area contributed by atoms with Gasteiger partial charge in [0.25, 0.3) is 0 Å². The molecule has 102 valence electrons. The van der Waals surface area contributed by atoms with Gasteiger partial charge in [-0.1, -0.05) is 13.8 Å². The first-order valence-corrected chi connectivity index (χ1v) is 7.68. The fourth-order valence-electron chi connectivity index (χ4n) is 3.27. The second-order valence-electron chi connectivity index (χ2n) is 5.78. The Hall–Kier alpha value is -1.36. The van der Waals surface area contributed by atoms with Crippen LogP contribution in [0.25, 0.3) is 0 Å². The molecule has 0 radical (unpaired) electrons. The number of thiophene rings is 1. The van der Waals surface area contributed by atoms with Crippen LogP contribution in [0.2, 0.25) is 0 Å². The van der Waals surface area contributed by atoms with Crippen LogP contribution >= 0.6 is 11.3 Å². The maximum atomic E-state index is 12.2. The van der Waals surface area contributed by atoms with Crippen molar-refractivity contribution < 1.29 is 4.79 Å². The zero-order chi connectivity index (χ0) is 13.6. The molecule has 2 heterocycles. The molecule has 1 aliphatic heterocycles. The van der Waals surface area contributed by atoms with Crippen molar-refractivity contribution in [2.24, 2.45) is 5.92 Å². The predicted octanol–water partition coefficient (Wildman–Crippen LogP) is 2.94. The molecule has 4 nitrogen and oxygen atoms in total. The molecule has 0 bridgehead atoms. The van der Waals surface area contributed by atoms with Crippen molar-refractivity contribution in [1.82, 2.24) is 10.2 Å². The molecule has 1 spiro atoms. The number of nitrogens with one attached hydrogen (secondary N) is 2. The Morgan fingerprint density at radius 1 is 1.58 bits per heavy atom. The van der Waals surface area contributed by atoms with Crippen LogP contribution in [0.15, 0.2) is 11.4 Å². The number of urea groups is 1. The molecule has 2 amide bonds. The number of amidine groups is 1. The molecule has 2 N–H and O–H groups in total. The second kappa shape index (κ2) is 4.34. The molecule has 5 heteroatoms. The molecular formula is C14H19N3OS. The van der Waals surface area contributed by atoms with E-state index in [4.69, 9.17) is 5.41 Å². The molecule has 19 heavy (non-hydrogen) atoms. The number of carbonyl (C=O) groups excluding carboxylic acids is 1. The molecule has 1 saturated heterocycles. The quantitative estimate of drug-likeness (QED) is 0.858. The highest BCUT2D eigenvalue weighted by Gasteiger charge is 2.53. The lowest BCUT2D eigenvalue weighted by Gasteiger charge is -2.40. The average Bonchev–Trinajstić information content (AvgIpc) is 2.90. The minimum Gasteiger partial charge on any atom is -0.307 e. The topological polar surface area (TPSA) is 56.2 Å². The van der Waals surface area contributed by atoms with Crippen LogP contribution in [-0.2, 0) is 12.0 Å². The van der Waals surface area contributed by atoms with Gasteiger partial charge < -0.3 is 4.90 Å². The van der Waals surface area contributed by atoms with E-state index < -0.39 is 5.54 Å². The molecule has 1 aromatic rings. The molecule has 1 fully saturated rings. The summed E-state index contributed by atoms with van der Waals surface area (Å²) in [6, 6.07) is 1.99. The Morgan fingerprint density at radius 2 is 2.37 bits per heavy atom. The maximum absolute atomic E-state index is 12.2. The van der Waals surface area contributed by atoms with E-state index in [0.717, 1.165) is 19.3 Å². The Morgan fingerprint density at radius 3 is 3.11 bits per heavy atom. The van der Waals surface area contributed by atoms with E-state index in [-0.39, 0.29) is 6.03 Å². The summed E-state index contributed by atoms with van der Waals surface area (Å²) < 4.78 is 0. The summed E-state index contributed by atoms with van der Waals surface area (Å²) in [5.41, 5.74) is 0.655. The summed E-state index contributed by atoms with van der Waals surface area (Å²) in [4.78, 5) is 15.4. The van der Waals surface area contributed by atoms with Gasteiger partial charge >= 0.3 is 6.03 Å². The van der Waals surface area contributed by atoms with E-state index in [9.17, 15) is 4.79 Å². The van der Waals surface area contributed by atoms with Crippen molar-refractivity contribution in [2.75, 3.05) is 6.54 Å². The third-order valence-corrected chi connectivity index (χ3v) is 5.01. The van der Waals surface area contributed by atoms with Gasteiger partial charge in [0.2, 0.25) is 0 Å². The SMILES string of the molecule is CC(C)CN1C(=O)NC(=N)C12CCCc1sccc12. The zero-order valence-electron chi connectivity index (χ0n) is 11.3. The number of aryl methyl sites for hydroxylation is 1. The fraction of sp³-hybridized carbons (Fsp3) is 0.571. The highest BCUT2D eigenvalue weighted by Crippen LogP contribution is 2.45. The molecule has 1 aromatic heterocycles. The number of nitrogens with zero attached hydrogens (tertiary/aromatic N) is 1. The molecule has 1 atom stereocenters. The highest BCUT2D eigenvalue weighted by atomic mass is 32.1. The Labute approximate surface area is 117 Å². The lowest BCUT2D eigenvalue weighted by Crippen LogP contribution is -2.49. The maximum Gasteiger partial charge on any atom is 0.323 e. The molecule has 1 aliphatic carbocycles. The number of amides is 2. The van der Waals surface area contributed by atoms with Crippen LogP contribution < -0.4 is 5.32 Å². The minimum atomic E-state index is -0.519. The number of fused-ring (bicyclic) bond motifs is 2. The first kappa shape index (κ1) is 12.7. The molecule has 2 aliphatic rings. The first-order chi connectivity index (χ1) is 9.05. The van der Waals surface area contributed by atoms with E-state index in [1.807, 2.05) is 4.90 Å². The Balaban J connectivity index is 2.11. The standard InChI is InChI=1S/C14H19N3OS/c1-9(2)8-17-13(18)16-12(15)14(17)6-3-4-11-10(14)5-7-19-11/h5,7,9H,3-4,6,8H2,1-2H3,(H2,15,16,18). The van der Waals surface area contributed by atoms with Crippen molar-refractivity contribution in [3.63, 3.8) is 0 Å². The summed E-state index contributed by atoms with van der Waals surface area (Å²) in [5.74, 6) is 0.759. The predicted molar refractivity (Wildman–Crippen MR) is 76.7 cm³/mol. The largest absolute Gasteiger partial charge is 0.323 e. The van der Waals surface area contributed by atoms with Crippen LogP contribution in [-0.4, -0.2) is 23.3 Å². The van der Waals surface area contributed by atoms with Gasteiger partial charge in [0, 0.05) is 11.4 Å². The Kier molecular flexibility index (Phi) is 2.89. The highest BCUT2D eigenvalue weighted by molar-refractivity contribution is 7.10. The summed E-state index contributed by atoms with van der Waals surface area (Å²) in [6.45, 7) is 4.92. The van der Waals surface area contributed by atoms with Crippen molar-refractivity contribution >= 4 is 23.2 Å². The van der Waals surface area contributed by atoms with Crippen LogP contribution in [0.1, 0.15) is 37.1 Å². The summed E-state index contributed by atoms with van der Waals surface area (Å²) in [6.07, 6.45) is 2.98. The van der Waals surface area contributed by atoms with Gasteiger partial charge in [-0.2, -0.15) is 0 Å².